The second kappa shape index (κ2) is 18.8. The molecule has 0 saturated heterocycles. The van der Waals surface area contributed by atoms with Crippen molar-refractivity contribution >= 4 is 98.5 Å². The molecule has 0 spiro atoms. The summed E-state index contributed by atoms with van der Waals surface area (Å²) in [6, 6.07) is 11.6. The zero-order valence-corrected chi connectivity index (χ0v) is 33.6. The van der Waals surface area contributed by atoms with E-state index in [1.807, 2.05) is 0 Å². The molecule has 0 bridgehead atoms. The van der Waals surface area contributed by atoms with E-state index in [2.05, 4.69) is 59.6 Å². The van der Waals surface area contributed by atoms with E-state index in [9.17, 15) is 61.9 Å². The molecular weight excluding hydrogens is 926 g/mol. The predicted octanol–water partition coefficient (Wildman–Crippen LogP) is 5.25. The summed E-state index contributed by atoms with van der Waals surface area (Å²) in [5.74, 6) is -3.39. The van der Waals surface area contributed by atoms with Gasteiger partial charge in [0, 0.05) is 17.8 Å². The lowest BCUT2D eigenvalue weighted by molar-refractivity contribution is -0.434. The Morgan fingerprint density at radius 3 is 1.85 bits per heavy atom. The largest absolute Gasteiger partial charge is 0.505 e. The van der Waals surface area contributed by atoms with E-state index in [0.717, 1.165) is 42.5 Å². The minimum atomic E-state index is -5.17. The van der Waals surface area contributed by atoms with Gasteiger partial charge in [-0.25, -0.2) is 13.7 Å². The second-order valence-corrected chi connectivity index (χ2v) is 18.1. The van der Waals surface area contributed by atoms with Crippen molar-refractivity contribution in [3.63, 3.8) is 0 Å². The van der Waals surface area contributed by atoms with Crippen LogP contribution in [0.5, 0.6) is 11.5 Å². The number of hydrogen-bond acceptors (Lipinski definition) is 24. The minimum Gasteiger partial charge on any atom is -0.505 e. The number of aromatic nitrogens is 3. The van der Waals surface area contributed by atoms with Gasteiger partial charge in [0.05, 0.1) is 22.9 Å². The number of para-hydroxylation sites is 1. The standard InChI is InChI=1S/C29H24FN9O17S5/c30-27-33-28(35-29(34-27)32-17-3-1-2-4-24(17)59(45,46)47)31-15-5-8-25(60(48,49)50)21(11-15)39-38-20-13-19(22(40)14-23(20)41)37-36-18-7-6-16(12-26(18)61(51,52)53)58(43,44)10-9-54-57-56-55-42/h1-8,11-14,40-42H,9-10H2,(H,45,46,47)(H,48,49,50)(H,51,52,53)(H2,31,32,33,34,35). The van der Waals surface area contributed by atoms with Crippen molar-refractivity contribution < 1.29 is 80.7 Å². The third kappa shape index (κ3) is 12.3. The fourth-order valence-electron chi connectivity index (χ4n) is 4.63. The van der Waals surface area contributed by atoms with E-state index in [-0.39, 0.29) is 23.7 Å². The van der Waals surface area contributed by atoms with Crippen molar-refractivity contribution in [3.05, 3.63) is 78.9 Å². The molecule has 32 heteroatoms. The maximum Gasteiger partial charge on any atom is 0.315 e. The van der Waals surface area contributed by atoms with Crippen molar-refractivity contribution in [3.8, 4) is 11.5 Å². The number of nitrogens with one attached hydrogen (secondary N) is 2. The summed E-state index contributed by atoms with van der Waals surface area (Å²) in [6.45, 7) is -0.527. The number of hydrogen-bond donors (Lipinski definition) is 8. The number of anilines is 4. The number of aromatic hydroxyl groups is 2. The van der Waals surface area contributed by atoms with E-state index in [0.29, 0.717) is 12.1 Å². The molecule has 0 aliphatic rings. The predicted molar refractivity (Wildman–Crippen MR) is 204 cm³/mol. The lowest BCUT2D eigenvalue weighted by Crippen LogP contribution is -2.12. The minimum absolute atomic E-state index is 0.0909. The van der Waals surface area contributed by atoms with Gasteiger partial charge < -0.3 is 20.8 Å². The Bertz CT molecular complexity index is 3000. The van der Waals surface area contributed by atoms with Gasteiger partial charge in [0.2, 0.25) is 11.9 Å². The SMILES string of the molecule is O=S(=O)(O)c1ccc(Nc2nc(F)nc(Nc3ccccc3S(=O)(=O)O)n2)cc1N=Nc1cc(N=Nc2ccc(S(=O)(=O)CCOSOOO)cc2S(=O)(=O)O)c(O)cc1O. The number of phenols is 2. The summed E-state index contributed by atoms with van der Waals surface area (Å²) in [7, 11) is -19.2. The first-order valence-electron chi connectivity index (χ1n) is 15.7. The van der Waals surface area contributed by atoms with E-state index in [1.165, 1.54) is 18.2 Å². The molecule has 324 valence electrons. The fourth-order valence-corrected chi connectivity index (χ4v) is 8.04. The normalized spacial score (nSPS) is 12.6. The van der Waals surface area contributed by atoms with Crippen molar-refractivity contribution in [2.24, 2.45) is 20.5 Å². The van der Waals surface area contributed by atoms with Crippen molar-refractivity contribution in [1.29, 1.82) is 0 Å². The summed E-state index contributed by atoms with van der Waals surface area (Å²) in [5.41, 5.74) is -2.70. The van der Waals surface area contributed by atoms with Crippen LogP contribution >= 0.6 is 12.3 Å². The van der Waals surface area contributed by atoms with Crippen LogP contribution in [0.1, 0.15) is 0 Å². The Hall–Kier alpha value is -5.91. The zero-order valence-electron chi connectivity index (χ0n) is 29.6. The molecule has 0 atom stereocenters. The third-order valence-corrected chi connectivity index (χ3v) is 12.0. The fraction of sp³-hybridized carbons (Fsp3) is 0.0690. The van der Waals surface area contributed by atoms with Gasteiger partial charge in [-0.3, -0.25) is 17.8 Å². The average molecular weight is 950 g/mol. The molecule has 0 amide bonds. The van der Waals surface area contributed by atoms with Gasteiger partial charge in [0.25, 0.3) is 30.4 Å². The maximum absolute atomic E-state index is 14.4. The smallest absolute Gasteiger partial charge is 0.315 e. The highest BCUT2D eigenvalue weighted by Gasteiger charge is 2.23. The molecule has 1 heterocycles. The number of phenolic OH excluding ortho intramolecular Hbond substituents is 2. The number of halogens is 1. The van der Waals surface area contributed by atoms with Gasteiger partial charge in [-0.2, -0.15) is 44.6 Å². The average Bonchev–Trinajstić information content (AvgIpc) is 3.16. The Kier molecular flexibility index (Phi) is 14.2. The number of rotatable bonds is 18. The van der Waals surface area contributed by atoms with Gasteiger partial charge in [0.15, 0.2) is 22.2 Å². The summed E-state index contributed by atoms with van der Waals surface area (Å²) < 4.78 is 150. The first kappa shape index (κ1) is 46.2. The van der Waals surface area contributed by atoms with Gasteiger partial charge >= 0.3 is 6.08 Å². The van der Waals surface area contributed by atoms with Crippen molar-refractivity contribution in [2.45, 2.75) is 19.6 Å². The monoisotopic (exact) mass is 949 g/mol. The zero-order chi connectivity index (χ0) is 44.8. The van der Waals surface area contributed by atoms with Crippen LogP contribution in [0.4, 0.5) is 50.4 Å². The van der Waals surface area contributed by atoms with Crippen LogP contribution in [0.2, 0.25) is 0 Å². The van der Waals surface area contributed by atoms with Crippen LogP contribution in [0.15, 0.2) is 113 Å². The van der Waals surface area contributed by atoms with Crippen LogP contribution in [0, 0.1) is 6.08 Å². The third-order valence-electron chi connectivity index (χ3n) is 7.23. The summed E-state index contributed by atoms with van der Waals surface area (Å²) >= 11 is 0.0909. The molecule has 4 aromatic carbocycles. The molecule has 8 N–H and O–H groups in total. The molecular formula is C29H24FN9O17S5. The summed E-state index contributed by atoms with van der Waals surface area (Å²) in [6.07, 6.45) is -1.38. The molecule has 61 heavy (non-hydrogen) atoms. The van der Waals surface area contributed by atoms with Crippen LogP contribution in [-0.4, -0.2) is 90.1 Å². The summed E-state index contributed by atoms with van der Waals surface area (Å²) in [4.78, 5) is 7.72. The number of benzene rings is 4. The number of azo groups is 2. The van der Waals surface area contributed by atoms with Gasteiger partial charge in [-0.15, -0.1) is 24.8 Å². The first-order valence-corrected chi connectivity index (χ1v) is 22.3. The maximum atomic E-state index is 14.4. The van der Waals surface area contributed by atoms with E-state index < -0.39 is 124 Å². The Labute approximate surface area is 346 Å². The Morgan fingerprint density at radius 2 is 1.23 bits per heavy atom. The van der Waals surface area contributed by atoms with E-state index >= 15 is 0 Å². The molecule has 0 aliphatic heterocycles. The van der Waals surface area contributed by atoms with E-state index in [4.69, 9.17) is 5.26 Å². The molecule has 5 aromatic rings. The van der Waals surface area contributed by atoms with E-state index in [1.54, 1.807) is 0 Å². The van der Waals surface area contributed by atoms with Crippen LogP contribution in [0.25, 0.3) is 0 Å². The number of nitrogens with zero attached hydrogens (tertiary/aromatic N) is 7. The highest BCUT2D eigenvalue weighted by Crippen LogP contribution is 2.41. The molecule has 1 aromatic heterocycles. The van der Waals surface area contributed by atoms with Gasteiger partial charge in [-0.05, 0) is 48.5 Å². The quantitative estimate of drug-likeness (QED) is 0.0139. The Morgan fingerprint density at radius 1 is 0.639 bits per heavy atom. The van der Waals surface area contributed by atoms with Crippen LogP contribution in [0.3, 0.4) is 0 Å². The summed E-state index contributed by atoms with van der Waals surface area (Å²) in [5, 5.41) is 52.0. The van der Waals surface area contributed by atoms with Crippen molar-refractivity contribution in [1.82, 2.24) is 15.0 Å². The van der Waals surface area contributed by atoms with Crippen molar-refractivity contribution in [2.75, 3.05) is 23.0 Å². The number of sulfone groups is 1. The van der Waals surface area contributed by atoms with Gasteiger partial charge in [-0.1, -0.05) is 17.2 Å². The Balaban J connectivity index is 1.43. The second-order valence-electron chi connectivity index (χ2n) is 11.3. The molecule has 0 aliphatic carbocycles. The van der Waals surface area contributed by atoms with Gasteiger partial charge in [0.1, 0.15) is 48.9 Å². The highest BCUT2D eigenvalue weighted by atomic mass is 32.2. The molecule has 0 fully saturated rings. The van der Waals surface area contributed by atoms with Crippen LogP contribution in [-0.2, 0) is 53.7 Å². The highest BCUT2D eigenvalue weighted by molar-refractivity contribution is 7.91. The molecule has 0 saturated carbocycles. The molecule has 0 radical (unpaired) electrons. The van der Waals surface area contributed by atoms with Crippen LogP contribution < -0.4 is 10.6 Å². The molecule has 0 unspecified atom stereocenters. The topological polar surface area (TPSA) is 398 Å². The molecule has 26 nitrogen and oxygen atoms in total. The first-order chi connectivity index (χ1) is 28.5. The lowest BCUT2D eigenvalue weighted by Gasteiger charge is -2.11. The lowest BCUT2D eigenvalue weighted by atomic mass is 10.2. The molecule has 5 rings (SSSR count).